The Hall–Kier alpha value is -4.21. The Kier molecular flexibility index (Phi) is 12.5. The molecule has 10 heteroatoms. The molecule has 1 aromatic heterocycles. The van der Waals surface area contributed by atoms with E-state index in [9.17, 15) is 9.59 Å². The summed E-state index contributed by atoms with van der Waals surface area (Å²) >= 11 is 0. The number of ether oxygens (including phenoxy) is 3. The Balaban J connectivity index is 1.78. The standard InChI is InChI=1S/C46H62O8Si2/c1-27(2)55(28(3)4,29(5)6)53-35-17-20-40(49-13)33(22-35)16-19-37-39-26-46(44(47)50-14,45(48)51-15)25-34(39)23-42-43(37)38-24-36(18-21-41(38)52-42)54-56(30(7)8,31(9)10)32(11)12/h17-18,20-24,27-32H,25-26H2,1-15H3. The summed E-state index contributed by atoms with van der Waals surface area (Å²) < 4.78 is 37.0. The topological polar surface area (TPSA) is 93.4 Å². The van der Waals surface area contributed by atoms with Gasteiger partial charge in [0.15, 0.2) is 5.41 Å². The monoisotopic (exact) mass is 798 g/mol. The minimum absolute atomic E-state index is 0.0696. The largest absolute Gasteiger partial charge is 0.543 e. The van der Waals surface area contributed by atoms with Gasteiger partial charge in [-0.1, -0.05) is 94.9 Å². The van der Waals surface area contributed by atoms with Gasteiger partial charge in [0.1, 0.15) is 28.4 Å². The van der Waals surface area contributed by atoms with E-state index < -0.39 is 34.0 Å². The predicted molar refractivity (Wildman–Crippen MR) is 230 cm³/mol. The summed E-state index contributed by atoms with van der Waals surface area (Å²) in [5.41, 5.74) is 4.99. The number of fused-ring (bicyclic) bond motifs is 4. The highest BCUT2D eigenvalue weighted by atomic mass is 28.4. The van der Waals surface area contributed by atoms with E-state index in [1.807, 2.05) is 36.4 Å². The lowest BCUT2D eigenvalue weighted by molar-refractivity contribution is -0.168. The van der Waals surface area contributed by atoms with Gasteiger partial charge >= 0.3 is 11.9 Å². The van der Waals surface area contributed by atoms with E-state index >= 15 is 0 Å². The van der Waals surface area contributed by atoms with Crippen LogP contribution in [0.4, 0.5) is 0 Å². The summed E-state index contributed by atoms with van der Waals surface area (Å²) in [4.78, 5) is 26.9. The van der Waals surface area contributed by atoms with Crippen LogP contribution in [0.2, 0.25) is 33.2 Å². The third-order valence-corrected chi connectivity index (χ3v) is 24.6. The molecule has 1 aliphatic carbocycles. The Morgan fingerprint density at radius 2 is 1.14 bits per heavy atom. The molecule has 3 aromatic carbocycles. The molecule has 8 nitrogen and oxygen atoms in total. The highest BCUT2D eigenvalue weighted by Gasteiger charge is 2.54. The van der Waals surface area contributed by atoms with Crippen molar-refractivity contribution < 1.29 is 37.1 Å². The van der Waals surface area contributed by atoms with Gasteiger partial charge in [-0.2, -0.15) is 0 Å². The molecule has 56 heavy (non-hydrogen) atoms. The minimum atomic E-state index is -2.28. The van der Waals surface area contributed by atoms with E-state index in [0.29, 0.717) is 61.3 Å². The predicted octanol–water partition coefficient (Wildman–Crippen LogP) is 11.5. The van der Waals surface area contributed by atoms with E-state index in [1.54, 1.807) is 7.11 Å². The summed E-state index contributed by atoms with van der Waals surface area (Å²) in [6.45, 7) is 27.2. The van der Waals surface area contributed by atoms with Crippen molar-refractivity contribution in [1.82, 2.24) is 0 Å². The van der Waals surface area contributed by atoms with Crippen LogP contribution in [0.5, 0.6) is 17.2 Å². The smallest absolute Gasteiger partial charge is 0.323 e. The zero-order valence-electron chi connectivity index (χ0n) is 36.2. The number of esters is 2. The Labute approximate surface area is 336 Å². The molecule has 1 aliphatic rings. The molecule has 0 unspecified atom stereocenters. The number of benzene rings is 3. The zero-order valence-corrected chi connectivity index (χ0v) is 38.2. The highest BCUT2D eigenvalue weighted by Crippen LogP contribution is 2.48. The molecule has 4 aromatic rings. The van der Waals surface area contributed by atoms with Gasteiger partial charge in [-0.25, -0.2) is 0 Å². The van der Waals surface area contributed by atoms with Crippen LogP contribution in [-0.4, -0.2) is 49.9 Å². The SMILES string of the molecule is COC(=O)C1(C(=O)OC)Cc2cc3oc4ccc(O[Si](C(C)C)(C(C)C)C(C)C)cc4c3c(C#Cc3cc(O[Si](C(C)C)(C(C)C)C(C)C)ccc3OC)c2C1. The van der Waals surface area contributed by atoms with Gasteiger partial charge in [-0.3, -0.25) is 9.59 Å². The number of carbonyl (C=O) groups is 2. The second-order valence-electron chi connectivity index (χ2n) is 17.4. The van der Waals surface area contributed by atoms with Crippen molar-refractivity contribution in [2.75, 3.05) is 21.3 Å². The molecule has 0 atom stereocenters. The zero-order chi connectivity index (χ0) is 41.5. The van der Waals surface area contributed by atoms with Crippen LogP contribution in [0.1, 0.15) is 105 Å². The fourth-order valence-electron chi connectivity index (χ4n) is 10.1. The third-order valence-electron chi connectivity index (χ3n) is 12.6. The number of rotatable bonds is 13. The normalized spacial score (nSPS) is 14.2. The van der Waals surface area contributed by atoms with Gasteiger partial charge in [0.05, 0.1) is 26.9 Å². The van der Waals surface area contributed by atoms with Crippen molar-refractivity contribution in [3.05, 3.63) is 64.7 Å². The minimum Gasteiger partial charge on any atom is -0.543 e. The molecule has 0 amide bonds. The first-order chi connectivity index (χ1) is 26.3. The molecule has 0 saturated heterocycles. The van der Waals surface area contributed by atoms with Gasteiger partial charge in [-0.05, 0) is 93.3 Å². The average Bonchev–Trinajstić information content (AvgIpc) is 3.71. The second kappa shape index (κ2) is 16.3. The summed E-state index contributed by atoms with van der Waals surface area (Å²) in [6.07, 6.45) is 0.169. The second-order valence-corrected chi connectivity index (χ2v) is 28.1. The van der Waals surface area contributed by atoms with E-state index in [1.165, 1.54) is 14.2 Å². The summed E-state index contributed by atoms with van der Waals surface area (Å²) in [5, 5.41) is 1.65. The molecule has 0 saturated carbocycles. The number of methoxy groups -OCH3 is 3. The van der Waals surface area contributed by atoms with Crippen LogP contribution >= 0.6 is 0 Å². The van der Waals surface area contributed by atoms with Gasteiger partial charge in [0.25, 0.3) is 16.6 Å². The van der Waals surface area contributed by atoms with Crippen molar-refractivity contribution >= 4 is 50.5 Å². The van der Waals surface area contributed by atoms with Gasteiger partial charge in [0.2, 0.25) is 0 Å². The molecule has 0 aliphatic heterocycles. The van der Waals surface area contributed by atoms with Crippen LogP contribution < -0.4 is 13.6 Å². The van der Waals surface area contributed by atoms with Crippen molar-refractivity contribution in [2.24, 2.45) is 5.41 Å². The third kappa shape index (κ3) is 7.15. The van der Waals surface area contributed by atoms with Crippen LogP contribution in [0.15, 0.2) is 46.9 Å². The number of carbonyl (C=O) groups excluding carboxylic acids is 2. The average molecular weight is 799 g/mol. The maximum Gasteiger partial charge on any atom is 0.323 e. The van der Waals surface area contributed by atoms with Crippen LogP contribution in [0, 0.1) is 17.3 Å². The fourth-order valence-corrected chi connectivity index (χ4v) is 20.6. The number of furan rings is 1. The fraction of sp³-hybridized carbons (Fsp3) is 0.522. The van der Waals surface area contributed by atoms with Gasteiger partial charge in [-0.15, -0.1) is 0 Å². The Bertz CT molecular complexity index is 2100. The van der Waals surface area contributed by atoms with Crippen molar-refractivity contribution in [3.8, 4) is 29.1 Å². The van der Waals surface area contributed by atoms with Crippen LogP contribution in [0.3, 0.4) is 0 Å². The molecular weight excluding hydrogens is 737 g/mol. The molecule has 0 radical (unpaired) electrons. The molecule has 0 N–H and O–H groups in total. The maximum atomic E-state index is 13.4. The number of hydrogen-bond donors (Lipinski definition) is 0. The molecule has 0 fully saturated rings. The quantitative estimate of drug-likeness (QED) is 0.0571. The van der Waals surface area contributed by atoms with Crippen LogP contribution in [0.25, 0.3) is 21.9 Å². The first-order valence-electron chi connectivity index (χ1n) is 20.1. The molecule has 0 spiro atoms. The lowest BCUT2D eigenvalue weighted by Crippen LogP contribution is -2.50. The summed E-state index contributed by atoms with van der Waals surface area (Å²) in [7, 11) is -0.325. The molecule has 5 rings (SSSR count). The van der Waals surface area contributed by atoms with E-state index in [4.69, 9.17) is 27.5 Å². The van der Waals surface area contributed by atoms with Crippen molar-refractivity contribution in [3.63, 3.8) is 0 Å². The lowest BCUT2D eigenvalue weighted by Gasteiger charge is -2.42. The maximum absolute atomic E-state index is 13.4. The Morgan fingerprint density at radius 1 is 0.643 bits per heavy atom. The molecular formula is C46H62O8Si2. The highest BCUT2D eigenvalue weighted by molar-refractivity contribution is 6.78. The first kappa shape index (κ1) is 42.9. The van der Waals surface area contributed by atoms with E-state index in [-0.39, 0.29) is 12.8 Å². The summed E-state index contributed by atoms with van der Waals surface area (Å²) in [6, 6.07) is 13.8. The van der Waals surface area contributed by atoms with Crippen molar-refractivity contribution in [1.29, 1.82) is 0 Å². The van der Waals surface area contributed by atoms with E-state index in [2.05, 4.69) is 101 Å². The van der Waals surface area contributed by atoms with Crippen molar-refractivity contribution in [2.45, 2.75) is 129 Å². The van der Waals surface area contributed by atoms with Crippen LogP contribution in [-0.2, 0) is 31.9 Å². The summed E-state index contributed by atoms with van der Waals surface area (Å²) in [5.74, 6) is 7.84. The number of hydrogen-bond acceptors (Lipinski definition) is 8. The Morgan fingerprint density at radius 3 is 1.62 bits per heavy atom. The first-order valence-corrected chi connectivity index (χ1v) is 24.4. The molecule has 302 valence electrons. The van der Waals surface area contributed by atoms with Gasteiger partial charge < -0.3 is 27.5 Å². The van der Waals surface area contributed by atoms with E-state index in [0.717, 1.165) is 33.4 Å². The lowest BCUT2D eigenvalue weighted by atomic mass is 9.84. The van der Waals surface area contributed by atoms with Gasteiger partial charge in [0, 0.05) is 22.8 Å². The molecule has 1 heterocycles. The molecule has 0 bridgehead atoms.